The van der Waals surface area contributed by atoms with Gasteiger partial charge < -0.3 is 15.0 Å². The molecule has 1 aliphatic heterocycles. The van der Waals surface area contributed by atoms with Gasteiger partial charge in [-0.1, -0.05) is 18.2 Å². The van der Waals surface area contributed by atoms with Gasteiger partial charge in [0.25, 0.3) is 0 Å². The van der Waals surface area contributed by atoms with Crippen molar-refractivity contribution < 1.29 is 18.7 Å². The highest BCUT2D eigenvalue weighted by atomic mass is 19.1. The van der Waals surface area contributed by atoms with E-state index in [0.717, 1.165) is 41.7 Å². The number of rotatable bonds is 4. The van der Waals surface area contributed by atoms with Gasteiger partial charge in [0.2, 0.25) is 0 Å². The Labute approximate surface area is 199 Å². The van der Waals surface area contributed by atoms with Gasteiger partial charge in [0.05, 0.1) is 5.52 Å². The normalized spacial score (nSPS) is 14.9. The summed E-state index contributed by atoms with van der Waals surface area (Å²) >= 11 is 0. The maximum atomic E-state index is 13.1. The van der Waals surface area contributed by atoms with Crippen LogP contribution in [0.5, 0.6) is 0 Å². The van der Waals surface area contributed by atoms with Gasteiger partial charge >= 0.3 is 12.1 Å². The first-order valence-corrected chi connectivity index (χ1v) is 11.5. The van der Waals surface area contributed by atoms with Crippen LogP contribution in [0.4, 0.5) is 14.0 Å². The molecule has 0 spiro atoms. The predicted molar refractivity (Wildman–Crippen MR) is 129 cm³/mol. The minimum atomic E-state index is -0.565. The van der Waals surface area contributed by atoms with Crippen LogP contribution < -0.4 is 5.32 Å². The molecule has 180 valence electrons. The van der Waals surface area contributed by atoms with Crippen LogP contribution in [0, 0.1) is 5.82 Å². The van der Waals surface area contributed by atoms with Crippen molar-refractivity contribution in [3.8, 4) is 0 Å². The number of fused-ring (bicyclic) bond motifs is 1. The van der Waals surface area contributed by atoms with Gasteiger partial charge in [-0.2, -0.15) is 0 Å². The second kappa shape index (κ2) is 9.85. The molecule has 2 aromatic carbocycles. The number of nitrogens with zero attached hydrogens (tertiary/aromatic N) is 3. The van der Waals surface area contributed by atoms with Gasteiger partial charge in [-0.15, -0.1) is 0 Å². The minimum absolute atomic E-state index is 0.0899. The molecule has 1 N–H and O–H groups in total. The maximum absolute atomic E-state index is 13.1. The molecular formula is C26H31FN4O3. The highest BCUT2D eigenvalue weighted by molar-refractivity contribution is 5.90. The number of aromatic nitrogens is 1. The van der Waals surface area contributed by atoms with E-state index in [2.05, 4.69) is 10.2 Å². The second-order valence-corrected chi connectivity index (χ2v) is 9.61. The van der Waals surface area contributed by atoms with Gasteiger partial charge in [-0.3, -0.25) is 9.47 Å². The Kier molecular flexibility index (Phi) is 6.88. The maximum Gasteiger partial charge on any atom is 0.418 e. The van der Waals surface area contributed by atoms with E-state index in [1.807, 2.05) is 49.9 Å². The Morgan fingerprint density at radius 1 is 0.971 bits per heavy atom. The Morgan fingerprint density at radius 2 is 1.65 bits per heavy atom. The van der Waals surface area contributed by atoms with Gasteiger partial charge in [0, 0.05) is 50.9 Å². The third kappa shape index (κ3) is 5.94. The van der Waals surface area contributed by atoms with E-state index in [1.165, 1.54) is 16.7 Å². The Morgan fingerprint density at radius 3 is 2.32 bits per heavy atom. The molecule has 1 aromatic heterocycles. The first kappa shape index (κ1) is 23.8. The van der Waals surface area contributed by atoms with Crippen LogP contribution in [0.2, 0.25) is 0 Å². The zero-order chi connectivity index (χ0) is 24.3. The third-order valence-corrected chi connectivity index (χ3v) is 5.77. The highest BCUT2D eigenvalue weighted by Gasteiger charge is 2.21. The fourth-order valence-electron chi connectivity index (χ4n) is 4.02. The summed E-state index contributed by atoms with van der Waals surface area (Å²) in [6.45, 7) is 9.49. The predicted octanol–water partition coefficient (Wildman–Crippen LogP) is 4.59. The average molecular weight is 467 g/mol. The van der Waals surface area contributed by atoms with E-state index in [1.54, 1.807) is 18.3 Å². The van der Waals surface area contributed by atoms with E-state index in [4.69, 9.17) is 4.74 Å². The number of carbonyl (C=O) groups is 2. The van der Waals surface area contributed by atoms with E-state index < -0.39 is 11.7 Å². The van der Waals surface area contributed by atoms with Gasteiger partial charge in [-0.05, 0) is 62.2 Å². The number of hydrogen-bond acceptors (Lipinski definition) is 4. The molecule has 0 saturated carbocycles. The lowest BCUT2D eigenvalue weighted by Crippen LogP contribution is -2.51. The zero-order valence-corrected chi connectivity index (χ0v) is 19.9. The fraction of sp³-hybridized carbons (Fsp3) is 0.385. The number of benzene rings is 2. The van der Waals surface area contributed by atoms with Crippen molar-refractivity contribution in [3.05, 3.63) is 71.7 Å². The van der Waals surface area contributed by atoms with Crippen molar-refractivity contribution in [2.24, 2.45) is 0 Å². The molecule has 0 aliphatic carbocycles. The fourth-order valence-corrected chi connectivity index (χ4v) is 4.02. The number of nitrogens with one attached hydrogen (secondary N) is 1. The molecule has 2 heterocycles. The number of ether oxygens (including phenoxy) is 1. The van der Waals surface area contributed by atoms with Crippen LogP contribution in [-0.4, -0.2) is 58.3 Å². The minimum Gasteiger partial charge on any atom is -0.443 e. The van der Waals surface area contributed by atoms with Crippen molar-refractivity contribution in [2.45, 2.75) is 39.5 Å². The number of piperazine rings is 1. The molecule has 3 aromatic rings. The Bertz CT molecular complexity index is 1160. The van der Waals surface area contributed by atoms with Crippen molar-refractivity contribution in [2.75, 3.05) is 26.2 Å². The summed E-state index contributed by atoms with van der Waals surface area (Å²) in [5, 5.41) is 3.90. The van der Waals surface area contributed by atoms with E-state index in [-0.39, 0.29) is 11.8 Å². The van der Waals surface area contributed by atoms with Crippen LogP contribution in [-0.2, 0) is 17.8 Å². The van der Waals surface area contributed by atoms with E-state index in [0.29, 0.717) is 19.6 Å². The van der Waals surface area contributed by atoms with E-state index >= 15 is 0 Å². The lowest BCUT2D eigenvalue weighted by Gasteiger charge is -2.34. The quantitative estimate of drug-likeness (QED) is 0.611. The summed E-state index contributed by atoms with van der Waals surface area (Å²) in [5.74, 6) is -0.231. The lowest BCUT2D eigenvalue weighted by molar-refractivity contribution is 0.0544. The molecule has 0 unspecified atom stereocenters. The Balaban J connectivity index is 1.28. The number of halogens is 1. The van der Waals surface area contributed by atoms with Crippen molar-refractivity contribution in [3.63, 3.8) is 0 Å². The molecule has 8 heteroatoms. The SMILES string of the molecule is CC(C)(C)OC(=O)n1ccc2cc(CNC(=O)N3CCN(Cc4ccc(F)cc4)CC3)ccc21. The monoisotopic (exact) mass is 466 g/mol. The molecule has 2 amide bonds. The molecule has 1 aliphatic rings. The summed E-state index contributed by atoms with van der Waals surface area (Å²) in [6, 6.07) is 14.1. The molecule has 1 fully saturated rings. The first-order valence-electron chi connectivity index (χ1n) is 11.5. The number of hydrogen-bond donors (Lipinski definition) is 1. The van der Waals surface area contributed by atoms with Crippen LogP contribution in [0.1, 0.15) is 31.9 Å². The van der Waals surface area contributed by atoms with Crippen LogP contribution in [0.25, 0.3) is 10.9 Å². The highest BCUT2D eigenvalue weighted by Crippen LogP contribution is 2.20. The third-order valence-electron chi connectivity index (χ3n) is 5.77. The van der Waals surface area contributed by atoms with Gasteiger partial charge in [-0.25, -0.2) is 14.0 Å². The van der Waals surface area contributed by atoms with Crippen molar-refractivity contribution in [1.29, 1.82) is 0 Å². The van der Waals surface area contributed by atoms with Crippen molar-refractivity contribution >= 4 is 23.0 Å². The van der Waals surface area contributed by atoms with Crippen molar-refractivity contribution in [1.82, 2.24) is 19.7 Å². The molecule has 0 radical (unpaired) electrons. The molecule has 1 saturated heterocycles. The average Bonchev–Trinajstić information content (AvgIpc) is 3.22. The number of carbonyl (C=O) groups excluding carboxylic acids is 2. The summed E-state index contributed by atoms with van der Waals surface area (Å²) in [7, 11) is 0. The Hall–Kier alpha value is -3.39. The standard InChI is InChI=1S/C26H31FN4O3/c1-26(2,3)34-25(33)31-11-10-21-16-20(6-9-23(21)31)17-28-24(32)30-14-12-29(13-15-30)18-19-4-7-22(27)8-5-19/h4-11,16H,12-15,17-18H2,1-3H3,(H,28,32). The smallest absolute Gasteiger partial charge is 0.418 e. The summed E-state index contributed by atoms with van der Waals surface area (Å²) in [6.07, 6.45) is 1.29. The molecule has 0 atom stereocenters. The molecular weight excluding hydrogens is 435 g/mol. The summed E-state index contributed by atoms with van der Waals surface area (Å²) < 4.78 is 20.0. The molecule has 0 bridgehead atoms. The molecule has 4 rings (SSSR count). The summed E-state index contributed by atoms with van der Waals surface area (Å²) in [4.78, 5) is 29.1. The number of urea groups is 1. The summed E-state index contributed by atoms with van der Waals surface area (Å²) in [5.41, 5.74) is 2.22. The van der Waals surface area contributed by atoms with Crippen LogP contribution >= 0.6 is 0 Å². The largest absolute Gasteiger partial charge is 0.443 e. The van der Waals surface area contributed by atoms with Gasteiger partial charge in [0.1, 0.15) is 11.4 Å². The first-order chi connectivity index (χ1) is 16.2. The van der Waals surface area contributed by atoms with Crippen LogP contribution in [0.3, 0.4) is 0 Å². The van der Waals surface area contributed by atoms with Crippen LogP contribution in [0.15, 0.2) is 54.7 Å². The lowest BCUT2D eigenvalue weighted by atomic mass is 10.1. The molecule has 7 nitrogen and oxygen atoms in total. The van der Waals surface area contributed by atoms with E-state index in [9.17, 15) is 14.0 Å². The number of amides is 2. The van der Waals surface area contributed by atoms with Gasteiger partial charge in [0.15, 0.2) is 0 Å². The zero-order valence-electron chi connectivity index (χ0n) is 19.9. The topological polar surface area (TPSA) is 66.8 Å². The second-order valence-electron chi connectivity index (χ2n) is 9.61. The molecule has 34 heavy (non-hydrogen) atoms.